The van der Waals surface area contributed by atoms with E-state index in [2.05, 4.69) is 20.4 Å². The first-order valence-corrected chi connectivity index (χ1v) is 11.6. The first kappa shape index (κ1) is 20.2. The Labute approximate surface area is 194 Å². The molecule has 3 heterocycles. The van der Waals surface area contributed by atoms with Gasteiger partial charge in [0.25, 0.3) is 0 Å². The van der Waals surface area contributed by atoms with Crippen molar-refractivity contribution in [2.24, 2.45) is 11.8 Å². The van der Waals surface area contributed by atoms with Gasteiger partial charge in [0.1, 0.15) is 5.82 Å². The van der Waals surface area contributed by atoms with Crippen LogP contribution < -0.4 is 5.69 Å². The second-order valence-corrected chi connectivity index (χ2v) is 9.44. The van der Waals surface area contributed by atoms with Gasteiger partial charge >= 0.3 is 5.69 Å². The Hall–Kier alpha value is -3.39. The molecule has 2 N–H and O–H groups in total. The quantitative estimate of drug-likeness (QED) is 0.473. The minimum atomic E-state index is -0.316. The van der Waals surface area contributed by atoms with Gasteiger partial charge in [-0.3, -0.25) is 9.89 Å². The van der Waals surface area contributed by atoms with Crippen LogP contribution in [0.15, 0.2) is 47.4 Å². The van der Waals surface area contributed by atoms with Crippen molar-refractivity contribution in [3.8, 4) is 16.8 Å². The van der Waals surface area contributed by atoms with Gasteiger partial charge in [-0.05, 0) is 60.6 Å². The molecule has 168 valence electrons. The fraction of sp³-hybridized carbons (Fsp3) is 0.333. The molecule has 33 heavy (non-hydrogen) atoms. The highest BCUT2D eigenvalue weighted by Crippen LogP contribution is 2.34. The topological polar surface area (TPSA) is 99.7 Å². The number of carbonyl (C=O) groups is 1. The molecule has 0 spiro atoms. The van der Waals surface area contributed by atoms with Crippen molar-refractivity contribution in [2.75, 3.05) is 13.1 Å². The summed E-state index contributed by atoms with van der Waals surface area (Å²) in [6.07, 6.45) is 5.35. The predicted octanol–water partition coefficient (Wildman–Crippen LogP) is 3.56. The Morgan fingerprint density at radius 2 is 1.91 bits per heavy atom. The van der Waals surface area contributed by atoms with Crippen LogP contribution >= 0.6 is 11.6 Å². The van der Waals surface area contributed by atoms with E-state index in [0.29, 0.717) is 23.0 Å². The summed E-state index contributed by atoms with van der Waals surface area (Å²) in [5, 5.41) is 15.4. The highest BCUT2D eigenvalue weighted by atomic mass is 35.5. The zero-order valence-corrected chi connectivity index (χ0v) is 18.7. The third-order valence-corrected chi connectivity index (χ3v) is 7.00. The monoisotopic (exact) mass is 462 g/mol. The maximum absolute atomic E-state index is 12.6. The number of benzene rings is 2. The van der Waals surface area contributed by atoms with E-state index in [0.717, 1.165) is 54.4 Å². The van der Waals surface area contributed by atoms with E-state index in [4.69, 9.17) is 11.6 Å². The molecule has 1 saturated heterocycles. The summed E-state index contributed by atoms with van der Waals surface area (Å²) in [6.45, 7) is 1.50. The van der Waals surface area contributed by atoms with Gasteiger partial charge < -0.3 is 4.90 Å². The zero-order valence-electron chi connectivity index (χ0n) is 17.9. The van der Waals surface area contributed by atoms with Gasteiger partial charge in [-0.25, -0.2) is 14.5 Å². The lowest BCUT2D eigenvalue weighted by atomic mass is 10.0. The summed E-state index contributed by atoms with van der Waals surface area (Å²) in [5.41, 5.74) is 3.23. The maximum Gasteiger partial charge on any atom is 0.347 e. The van der Waals surface area contributed by atoms with Crippen LogP contribution in [0.25, 0.3) is 27.7 Å². The first-order valence-electron chi connectivity index (χ1n) is 11.3. The Morgan fingerprint density at radius 3 is 2.73 bits per heavy atom. The summed E-state index contributed by atoms with van der Waals surface area (Å²) in [4.78, 5) is 27.0. The van der Waals surface area contributed by atoms with E-state index < -0.39 is 0 Å². The standard InChI is InChI=1S/C24H23ClN6O2/c25-19-11-17(16-3-5-20-18(10-16)12-26-27-20)4-6-21(19)31-22(28-29-24(31)33)9-14-7-8-30(13-14)23(32)15-1-2-15/h3-6,10-12,14-15H,1-2,7-9,13H2,(H,26,27)(H,29,33)/t14-/m0/s1. The van der Waals surface area contributed by atoms with Gasteiger partial charge in [0.05, 0.1) is 22.4 Å². The van der Waals surface area contributed by atoms with Crippen LogP contribution in [-0.4, -0.2) is 48.9 Å². The van der Waals surface area contributed by atoms with Crippen LogP contribution in [0.2, 0.25) is 5.02 Å². The number of amides is 1. The van der Waals surface area contributed by atoms with Gasteiger partial charge in [0, 0.05) is 30.8 Å². The van der Waals surface area contributed by atoms with Crippen molar-refractivity contribution in [1.82, 2.24) is 29.9 Å². The number of hydrogen-bond donors (Lipinski definition) is 2. The molecule has 1 amide bonds. The molecule has 8 nitrogen and oxygen atoms in total. The molecular formula is C24H23ClN6O2. The molecule has 2 aromatic heterocycles. The molecule has 1 aliphatic heterocycles. The van der Waals surface area contributed by atoms with Crippen molar-refractivity contribution in [2.45, 2.75) is 25.7 Å². The van der Waals surface area contributed by atoms with Crippen LogP contribution in [-0.2, 0) is 11.2 Å². The number of nitrogens with one attached hydrogen (secondary N) is 2. The first-order chi connectivity index (χ1) is 16.1. The molecule has 1 atom stereocenters. The summed E-state index contributed by atoms with van der Waals surface area (Å²) in [7, 11) is 0. The highest BCUT2D eigenvalue weighted by Gasteiger charge is 2.37. The second-order valence-electron chi connectivity index (χ2n) is 9.04. The van der Waals surface area contributed by atoms with E-state index in [1.54, 1.807) is 10.8 Å². The molecule has 0 radical (unpaired) electrons. The third-order valence-electron chi connectivity index (χ3n) is 6.70. The molecular weight excluding hydrogens is 440 g/mol. The summed E-state index contributed by atoms with van der Waals surface area (Å²) in [5.74, 6) is 1.43. The van der Waals surface area contributed by atoms with Crippen LogP contribution in [0, 0.1) is 11.8 Å². The fourth-order valence-corrected chi connectivity index (χ4v) is 5.02. The number of fused-ring (bicyclic) bond motifs is 1. The lowest BCUT2D eigenvalue weighted by molar-refractivity contribution is -0.131. The molecule has 1 aliphatic carbocycles. The van der Waals surface area contributed by atoms with Gasteiger partial charge in [-0.1, -0.05) is 23.7 Å². The number of aromatic nitrogens is 5. The van der Waals surface area contributed by atoms with Crippen LogP contribution in [0.3, 0.4) is 0 Å². The molecule has 0 unspecified atom stereocenters. The molecule has 2 aliphatic rings. The lowest BCUT2D eigenvalue weighted by Gasteiger charge is -2.16. The van der Waals surface area contributed by atoms with Gasteiger partial charge in [-0.15, -0.1) is 0 Å². The average molecular weight is 463 g/mol. The number of rotatable bonds is 5. The van der Waals surface area contributed by atoms with Crippen LogP contribution in [0.5, 0.6) is 0 Å². The number of hydrogen-bond acceptors (Lipinski definition) is 4. The van der Waals surface area contributed by atoms with E-state index in [1.807, 2.05) is 41.3 Å². The average Bonchev–Trinajstić information content (AvgIpc) is 3.21. The van der Waals surface area contributed by atoms with Crippen molar-refractivity contribution in [3.05, 3.63) is 63.9 Å². The second kappa shape index (κ2) is 7.88. The molecule has 2 aromatic carbocycles. The zero-order chi connectivity index (χ0) is 22.5. The van der Waals surface area contributed by atoms with Crippen LogP contribution in [0.1, 0.15) is 25.1 Å². The molecule has 9 heteroatoms. The largest absolute Gasteiger partial charge is 0.347 e. The van der Waals surface area contributed by atoms with E-state index >= 15 is 0 Å². The van der Waals surface area contributed by atoms with Gasteiger partial charge in [0.15, 0.2) is 0 Å². The normalized spacial score (nSPS) is 18.3. The Morgan fingerprint density at radius 1 is 1.09 bits per heavy atom. The van der Waals surface area contributed by atoms with E-state index in [9.17, 15) is 9.59 Å². The highest BCUT2D eigenvalue weighted by molar-refractivity contribution is 6.32. The predicted molar refractivity (Wildman–Crippen MR) is 125 cm³/mol. The third kappa shape index (κ3) is 3.74. The number of likely N-dealkylation sites (tertiary alicyclic amines) is 1. The maximum atomic E-state index is 12.6. The van der Waals surface area contributed by atoms with E-state index in [-0.39, 0.29) is 23.4 Å². The Bertz CT molecular complexity index is 1420. The van der Waals surface area contributed by atoms with E-state index in [1.165, 1.54) is 0 Å². The number of halogens is 1. The molecule has 1 saturated carbocycles. The Balaban J connectivity index is 1.26. The van der Waals surface area contributed by atoms with Crippen molar-refractivity contribution >= 4 is 28.4 Å². The minimum absolute atomic E-state index is 0.235. The Kier molecular flexibility index (Phi) is 4.83. The molecule has 6 rings (SSSR count). The van der Waals surface area contributed by atoms with Crippen molar-refractivity contribution in [3.63, 3.8) is 0 Å². The van der Waals surface area contributed by atoms with Crippen molar-refractivity contribution < 1.29 is 4.79 Å². The van der Waals surface area contributed by atoms with Crippen molar-refractivity contribution in [1.29, 1.82) is 0 Å². The molecule has 4 aromatic rings. The minimum Gasteiger partial charge on any atom is -0.342 e. The SMILES string of the molecule is O=C(C1CC1)N1CC[C@@H](Cc2n[nH]c(=O)n2-c2ccc(-c3ccc4[nH]ncc4c3)cc2Cl)C1. The summed E-state index contributed by atoms with van der Waals surface area (Å²) < 4.78 is 1.55. The number of nitrogens with zero attached hydrogens (tertiary/aromatic N) is 4. The number of aromatic amines is 2. The smallest absolute Gasteiger partial charge is 0.342 e. The van der Waals surface area contributed by atoms with Gasteiger partial charge in [0.2, 0.25) is 5.91 Å². The fourth-order valence-electron chi connectivity index (χ4n) is 4.75. The molecule has 0 bridgehead atoms. The number of carbonyl (C=O) groups excluding carboxylic acids is 1. The lowest BCUT2D eigenvalue weighted by Crippen LogP contribution is -2.30. The summed E-state index contributed by atoms with van der Waals surface area (Å²) in [6, 6.07) is 11.7. The van der Waals surface area contributed by atoms with Crippen LogP contribution in [0.4, 0.5) is 0 Å². The van der Waals surface area contributed by atoms with Gasteiger partial charge in [-0.2, -0.15) is 10.2 Å². The number of H-pyrrole nitrogens is 2. The molecule has 2 fully saturated rings. The summed E-state index contributed by atoms with van der Waals surface area (Å²) >= 11 is 6.66.